The third-order valence-electron chi connectivity index (χ3n) is 2.38. The summed E-state index contributed by atoms with van der Waals surface area (Å²) in [6.45, 7) is 0. The van der Waals surface area contributed by atoms with Crippen molar-refractivity contribution < 1.29 is 33.4 Å². The number of rotatable bonds is 6. The zero-order valence-corrected chi connectivity index (χ0v) is 10.1. The van der Waals surface area contributed by atoms with Crippen molar-refractivity contribution in [2.75, 3.05) is 0 Å². The van der Waals surface area contributed by atoms with E-state index in [1.807, 2.05) is 5.32 Å². The lowest BCUT2D eigenvalue weighted by molar-refractivity contribution is -0.140. The van der Waals surface area contributed by atoms with Crippen LogP contribution in [0, 0.1) is 11.6 Å². The third-order valence-corrected chi connectivity index (χ3v) is 2.38. The SMILES string of the molecule is O=C(O)CC[C@@H](NC(=O)c1cc(F)cc(F)c1)C(=O)O. The molecule has 8 heteroatoms. The van der Waals surface area contributed by atoms with Gasteiger partial charge in [-0.05, 0) is 18.6 Å². The van der Waals surface area contributed by atoms with Gasteiger partial charge in [0.1, 0.15) is 17.7 Å². The summed E-state index contributed by atoms with van der Waals surface area (Å²) in [4.78, 5) is 32.9. The molecule has 20 heavy (non-hydrogen) atoms. The molecule has 0 aliphatic carbocycles. The molecule has 1 aromatic carbocycles. The van der Waals surface area contributed by atoms with E-state index in [0.29, 0.717) is 6.07 Å². The third kappa shape index (κ3) is 4.63. The van der Waals surface area contributed by atoms with Gasteiger partial charge in [0, 0.05) is 18.1 Å². The summed E-state index contributed by atoms with van der Waals surface area (Å²) in [6.07, 6.45) is -0.803. The lowest BCUT2D eigenvalue weighted by Gasteiger charge is -2.13. The Kier molecular flexibility index (Phi) is 5.13. The summed E-state index contributed by atoms with van der Waals surface area (Å²) in [5.41, 5.74) is -0.385. The molecule has 1 aromatic rings. The fraction of sp³-hybridized carbons (Fsp3) is 0.250. The number of hydrogen-bond donors (Lipinski definition) is 3. The Labute approximate surface area is 112 Å². The van der Waals surface area contributed by atoms with Crippen LogP contribution in [0.4, 0.5) is 8.78 Å². The molecule has 0 aliphatic heterocycles. The van der Waals surface area contributed by atoms with E-state index in [2.05, 4.69) is 0 Å². The summed E-state index contributed by atoms with van der Waals surface area (Å²) < 4.78 is 25.8. The molecule has 0 heterocycles. The Balaban J connectivity index is 2.79. The normalized spacial score (nSPS) is 11.7. The second kappa shape index (κ2) is 6.60. The van der Waals surface area contributed by atoms with Crippen LogP contribution in [0.5, 0.6) is 0 Å². The first-order valence-corrected chi connectivity index (χ1v) is 5.51. The van der Waals surface area contributed by atoms with Gasteiger partial charge in [-0.15, -0.1) is 0 Å². The largest absolute Gasteiger partial charge is 0.481 e. The number of benzene rings is 1. The quantitative estimate of drug-likeness (QED) is 0.724. The van der Waals surface area contributed by atoms with Gasteiger partial charge >= 0.3 is 11.9 Å². The van der Waals surface area contributed by atoms with Crippen LogP contribution in [0.3, 0.4) is 0 Å². The van der Waals surface area contributed by atoms with Crippen LogP contribution in [-0.4, -0.2) is 34.1 Å². The van der Waals surface area contributed by atoms with Crippen molar-refractivity contribution in [2.24, 2.45) is 0 Å². The first-order chi connectivity index (χ1) is 9.29. The van der Waals surface area contributed by atoms with Crippen LogP contribution < -0.4 is 5.32 Å². The molecule has 0 aromatic heterocycles. The molecule has 108 valence electrons. The molecule has 0 aliphatic rings. The maximum absolute atomic E-state index is 12.9. The standard InChI is InChI=1S/C12H11F2NO5/c13-7-3-6(4-8(14)5-7)11(18)15-9(12(19)20)1-2-10(16)17/h3-5,9H,1-2H2,(H,15,18)(H,16,17)(H,19,20)/t9-/m1/s1. The smallest absolute Gasteiger partial charge is 0.326 e. The Morgan fingerprint density at radius 2 is 1.65 bits per heavy atom. The van der Waals surface area contributed by atoms with Gasteiger partial charge in [-0.25, -0.2) is 13.6 Å². The summed E-state index contributed by atoms with van der Waals surface area (Å²) in [7, 11) is 0. The zero-order valence-electron chi connectivity index (χ0n) is 10.1. The van der Waals surface area contributed by atoms with E-state index in [9.17, 15) is 23.2 Å². The number of halogens is 2. The second-order valence-electron chi connectivity index (χ2n) is 3.95. The van der Waals surface area contributed by atoms with Crippen LogP contribution in [0.2, 0.25) is 0 Å². The first kappa shape index (κ1) is 15.5. The van der Waals surface area contributed by atoms with Gasteiger partial charge in [0.05, 0.1) is 0 Å². The van der Waals surface area contributed by atoms with E-state index >= 15 is 0 Å². The molecular formula is C12H11F2NO5. The van der Waals surface area contributed by atoms with Gasteiger partial charge in [0.25, 0.3) is 5.91 Å². The molecule has 0 fully saturated rings. The minimum absolute atomic E-state index is 0.339. The number of carbonyl (C=O) groups excluding carboxylic acids is 1. The van der Waals surface area contributed by atoms with Gasteiger partial charge in [-0.1, -0.05) is 0 Å². The predicted octanol–water partition coefficient (Wildman–Crippen LogP) is 1.01. The monoisotopic (exact) mass is 287 g/mol. The second-order valence-corrected chi connectivity index (χ2v) is 3.95. The molecule has 1 amide bonds. The Morgan fingerprint density at radius 3 is 2.10 bits per heavy atom. The predicted molar refractivity (Wildman–Crippen MR) is 62.1 cm³/mol. The topological polar surface area (TPSA) is 104 Å². The minimum Gasteiger partial charge on any atom is -0.481 e. The molecule has 1 rings (SSSR count). The fourth-order valence-electron chi connectivity index (χ4n) is 1.45. The van der Waals surface area contributed by atoms with Crippen LogP contribution in [0.25, 0.3) is 0 Å². The molecule has 0 unspecified atom stereocenters. The minimum atomic E-state index is -1.45. The van der Waals surface area contributed by atoms with Crippen LogP contribution in [0.1, 0.15) is 23.2 Å². The van der Waals surface area contributed by atoms with Crippen molar-refractivity contribution in [3.8, 4) is 0 Å². The first-order valence-electron chi connectivity index (χ1n) is 5.51. The Bertz CT molecular complexity index is 526. The van der Waals surface area contributed by atoms with Crippen LogP contribution in [-0.2, 0) is 9.59 Å². The van der Waals surface area contributed by atoms with Crippen molar-refractivity contribution in [1.82, 2.24) is 5.32 Å². The van der Waals surface area contributed by atoms with Gasteiger partial charge < -0.3 is 15.5 Å². The van der Waals surface area contributed by atoms with Crippen molar-refractivity contribution in [3.63, 3.8) is 0 Å². The van der Waals surface area contributed by atoms with Gasteiger partial charge in [0.2, 0.25) is 0 Å². The highest BCUT2D eigenvalue weighted by Gasteiger charge is 2.22. The maximum atomic E-state index is 12.9. The van der Waals surface area contributed by atoms with Crippen molar-refractivity contribution in [2.45, 2.75) is 18.9 Å². The van der Waals surface area contributed by atoms with E-state index < -0.39 is 41.9 Å². The lowest BCUT2D eigenvalue weighted by atomic mass is 10.1. The molecular weight excluding hydrogens is 276 g/mol. The number of carbonyl (C=O) groups is 3. The summed E-state index contributed by atoms with van der Waals surface area (Å²) in [6, 6.07) is 0.601. The molecule has 0 spiro atoms. The van der Waals surface area contributed by atoms with Gasteiger partial charge in [-0.2, -0.15) is 0 Å². The van der Waals surface area contributed by atoms with Crippen LogP contribution in [0.15, 0.2) is 18.2 Å². The number of amides is 1. The maximum Gasteiger partial charge on any atom is 0.326 e. The average Bonchev–Trinajstić information content (AvgIpc) is 2.32. The van der Waals surface area contributed by atoms with Crippen LogP contribution >= 0.6 is 0 Å². The average molecular weight is 287 g/mol. The van der Waals surface area contributed by atoms with E-state index in [1.165, 1.54) is 0 Å². The van der Waals surface area contributed by atoms with E-state index in [4.69, 9.17) is 10.2 Å². The Hall–Kier alpha value is -2.51. The summed E-state index contributed by atoms with van der Waals surface area (Å²) >= 11 is 0. The highest BCUT2D eigenvalue weighted by Crippen LogP contribution is 2.09. The highest BCUT2D eigenvalue weighted by atomic mass is 19.1. The molecule has 1 atom stereocenters. The number of hydrogen-bond acceptors (Lipinski definition) is 3. The fourth-order valence-corrected chi connectivity index (χ4v) is 1.45. The summed E-state index contributed by atoms with van der Waals surface area (Å²) in [5, 5.41) is 19.3. The van der Waals surface area contributed by atoms with Crippen molar-refractivity contribution in [1.29, 1.82) is 0 Å². The number of nitrogens with one attached hydrogen (secondary N) is 1. The molecule has 6 nitrogen and oxygen atoms in total. The van der Waals surface area contributed by atoms with E-state index in [1.54, 1.807) is 0 Å². The van der Waals surface area contributed by atoms with E-state index in [0.717, 1.165) is 12.1 Å². The van der Waals surface area contributed by atoms with Crippen molar-refractivity contribution >= 4 is 17.8 Å². The van der Waals surface area contributed by atoms with Crippen molar-refractivity contribution in [3.05, 3.63) is 35.4 Å². The van der Waals surface area contributed by atoms with Gasteiger partial charge in [0.15, 0.2) is 0 Å². The lowest BCUT2D eigenvalue weighted by Crippen LogP contribution is -2.41. The number of carboxylic acid groups (broad SMARTS) is 2. The molecule has 3 N–H and O–H groups in total. The molecule has 0 bridgehead atoms. The number of carboxylic acids is 2. The molecule has 0 radical (unpaired) electrons. The number of aliphatic carboxylic acids is 2. The van der Waals surface area contributed by atoms with Gasteiger partial charge in [-0.3, -0.25) is 9.59 Å². The molecule has 0 saturated carbocycles. The Morgan fingerprint density at radius 1 is 1.10 bits per heavy atom. The molecule has 0 saturated heterocycles. The highest BCUT2D eigenvalue weighted by molar-refractivity contribution is 5.96. The zero-order chi connectivity index (χ0) is 15.3. The summed E-state index contributed by atoms with van der Waals surface area (Å²) in [5.74, 6) is -5.61. The van der Waals surface area contributed by atoms with E-state index in [-0.39, 0.29) is 12.0 Å².